The van der Waals surface area contributed by atoms with Crippen molar-refractivity contribution in [3.63, 3.8) is 0 Å². The van der Waals surface area contributed by atoms with Gasteiger partial charge in [0.25, 0.3) is 0 Å². The largest absolute Gasteiger partial charge is 0.493 e. The van der Waals surface area contributed by atoms with Crippen LogP contribution in [-0.4, -0.2) is 34.8 Å². The second kappa shape index (κ2) is 8.76. The van der Waals surface area contributed by atoms with Gasteiger partial charge in [-0.2, -0.15) is 5.26 Å². The number of methoxy groups -OCH3 is 1. The van der Waals surface area contributed by atoms with Crippen LogP contribution in [0.2, 0.25) is 0 Å². The molecule has 2 N–H and O–H groups in total. The molecule has 0 radical (unpaired) electrons. The van der Waals surface area contributed by atoms with E-state index in [2.05, 4.69) is 22.6 Å². The van der Waals surface area contributed by atoms with Crippen molar-refractivity contribution < 1.29 is 19.4 Å². The van der Waals surface area contributed by atoms with Gasteiger partial charge in [0.05, 0.1) is 23.7 Å². The Hall–Kier alpha value is -4.05. The van der Waals surface area contributed by atoms with E-state index in [1.165, 1.54) is 7.11 Å². The summed E-state index contributed by atoms with van der Waals surface area (Å²) in [4.78, 5) is 18.5. The maximum Gasteiger partial charge on any atom is 0.341 e. The van der Waals surface area contributed by atoms with E-state index < -0.39 is 12.6 Å². The molecule has 1 heterocycles. The van der Waals surface area contributed by atoms with Crippen molar-refractivity contribution in [1.29, 1.82) is 5.26 Å². The summed E-state index contributed by atoms with van der Waals surface area (Å²) in [6, 6.07) is 13.2. The first-order valence-electron chi connectivity index (χ1n) is 8.79. The number of carboxylic acids is 1. The second-order valence-corrected chi connectivity index (χ2v) is 6.16. The number of rotatable bonds is 8. The minimum Gasteiger partial charge on any atom is -0.493 e. The maximum absolute atomic E-state index is 10.9. The van der Waals surface area contributed by atoms with Gasteiger partial charge in [-0.3, -0.25) is 0 Å². The van der Waals surface area contributed by atoms with Gasteiger partial charge in [-0.1, -0.05) is 18.2 Å². The van der Waals surface area contributed by atoms with Crippen LogP contribution in [0.25, 0.3) is 22.7 Å². The number of nitrogens with one attached hydrogen (secondary N) is 1. The Morgan fingerprint density at radius 3 is 2.83 bits per heavy atom. The van der Waals surface area contributed by atoms with Gasteiger partial charge in [-0.05, 0) is 42.3 Å². The summed E-state index contributed by atoms with van der Waals surface area (Å²) in [5.74, 6) is 0.0920. The smallest absolute Gasteiger partial charge is 0.341 e. The van der Waals surface area contributed by atoms with E-state index in [9.17, 15) is 10.1 Å². The van der Waals surface area contributed by atoms with E-state index in [1.54, 1.807) is 24.3 Å². The van der Waals surface area contributed by atoms with Gasteiger partial charge in [0.1, 0.15) is 11.9 Å². The zero-order chi connectivity index (χ0) is 20.8. The van der Waals surface area contributed by atoms with Crippen molar-refractivity contribution in [2.24, 2.45) is 0 Å². The Morgan fingerprint density at radius 1 is 1.38 bits per heavy atom. The molecule has 29 heavy (non-hydrogen) atoms. The first-order chi connectivity index (χ1) is 14.0. The van der Waals surface area contributed by atoms with E-state index in [4.69, 9.17) is 14.6 Å². The number of carboxylic acid groups (broad SMARTS) is 1. The number of aliphatic carboxylic acids is 1. The number of imidazole rings is 1. The molecule has 0 spiro atoms. The first-order valence-corrected chi connectivity index (χ1v) is 8.79. The van der Waals surface area contributed by atoms with Crippen molar-refractivity contribution in [2.45, 2.75) is 6.42 Å². The number of aromatic nitrogens is 2. The summed E-state index contributed by atoms with van der Waals surface area (Å²) in [5, 5.41) is 18.6. The van der Waals surface area contributed by atoms with Crippen molar-refractivity contribution in [3.8, 4) is 17.6 Å². The number of allylic oxidation sites excluding steroid dienone is 2. The van der Waals surface area contributed by atoms with Crippen LogP contribution in [0.15, 0.2) is 49.1 Å². The number of carbonyl (C=O) groups is 1. The third-order valence-corrected chi connectivity index (χ3v) is 4.15. The number of hydrogen-bond donors (Lipinski definition) is 2. The number of nitrogens with zero attached hydrogens (tertiary/aromatic N) is 2. The standard InChI is InChI=1S/C22H19N3O4/c1-3-6-15-9-14(11-19(28-2)21(15)29-13-20(26)27)10-16(12-23)22-24-17-7-4-5-8-18(17)25-22/h3-5,7-11H,1,6,13H2,2H3,(H,24,25)(H,26,27)/b16-10-. The Labute approximate surface area is 167 Å². The van der Waals surface area contributed by atoms with Gasteiger partial charge in [0.2, 0.25) is 0 Å². The number of fused-ring (bicyclic) bond motifs is 1. The molecule has 0 saturated heterocycles. The number of hydrogen-bond acceptors (Lipinski definition) is 5. The van der Waals surface area contributed by atoms with Crippen LogP contribution in [0.4, 0.5) is 0 Å². The molecule has 0 atom stereocenters. The van der Waals surface area contributed by atoms with Crippen molar-refractivity contribution in [3.05, 3.63) is 66.0 Å². The molecule has 0 unspecified atom stereocenters. The molecule has 146 valence electrons. The monoisotopic (exact) mass is 389 g/mol. The van der Waals surface area contributed by atoms with Crippen LogP contribution < -0.4 is 9.47 Å². The van der Waals surface area contributed by atoms with E-state index in [0.717, 1.165) is 11.0 Å². The highest BCUT2D eigenvalue weighted by molar-refractivity contribution is 5.90. The lowest BCUT2D eigenvalue weighted by atomic mass is 10.0. The number of benzene rings is 2. The molecule has 3 rings (SSSR count). The topological polar surface area (TPSA) is 108 Å². The third-order valence-electron chi connectivity index (χ3n) is 4.15. The Bertz CT molecular complexity index is 1110. The maximum atomic E-state index is 10.9. The summed E-state index contributed by atoms with van der Waals surface area (Å²) in [6.07, 6.45) is 3.81. The summed E-state index contributed by atoms with van der Waals surface area (Å²) >= 11 is 0. The van der Waals surface area contributed by atoms with E-state index in [0.29, 0.717) is 40.4 Å². The van der Waals surface area contributed by atoms with Gasteiger partial charge < -0.3 is 19.6 Å². The van der Waals surface area contributed by atoms with Gasteiger partial charge in [0.15, 0.2) is 18.1 Å². The second-order valence-electron chi connectivity index (χ2n) is 6.16. The zero-order valence-corrected chi connectivity index (χ0v) is 15.8. The molecule has 3 aromatic rings. The van der Waals surface area contributed by atoms with Crippen molar-refractivity contribution in [1.82, 2.24) is 9.97 Å². The minimum absolute atomic E-state index is 0.342. The summed E-state index contributed by atoms with van der Waals surface area (Å²) in [7, 11) is 1.47. The lowest BCUT2D eigenvalue weighted by molar-refractivity contribution is -0.139. The van der Waals surface area contributed by atoms with Crippen LogP contribution >= 0.6 is 0 Å². The molecular formula is C22H19N3O4. The SMILES string of the molecule is C=CCc1cc(/C=C(/C#N)c2nc3ccccc3[nH]2)cc(OC)c1OCC(=O)O. The van der Waals surface area contributed by atoms with Gasteiger partial charge in [-0.25, -0.2) is 9.78 Å². The van der Waals surface area contributed by atoms with Crippen LogP contribution in [0.1, 0.15) is 17.0 Å². The fourth-order valence-corrected chi connectivity index (χ4v) is 2.92. The fourth-order valence-electron chi connectivity index (χ4n) is 2.92. The van der Waals surface area contributed by atoms with Crippen molar-refractivity contribution in [2.75, 3.05) is 13.7 Å². The van der Waals surface area contributed by atoms with Gasteiger partial charge in [-0.15, -0.1) is 6.58 Å². The molecule has 0 aliphatic rings. The van der Waals surface area contributed by atoms with Gasteiger partial charge in [0, 0.05) is 5.56 Å². The molecule has 0 bridgehead atoms. The molecular weight excluding hydrogens is 370 g/mol. The zero-order valence-electron chi connectivity index (χ0n) is 15.8. The normalized spacial score (nSPS) is 11.1. The van der Waals surface area contributed by atoms with Gasteiger partial charge >= 0.3 is 5.97 Å². The summed E-state index contributed by atoms with van der Waals surface area (Å²) in [5.41, 5.74) is 3.36. The first kappa shape index (κ1) is 19.7. The molecule has 7 heteroatoms. The highest BCUT2D eigenvalue weighted by atomic mass is 16.5. The molecule has 0 fully saturated rings. The number of nitriles is 1. The molecule has 0 aliphatic carbocycles. The number of ether oxygens (including phenoxy) is 2. The number of aromatic amines is 1. The lowest BCUT2D eigenvalue weighted by Crippen LogP contribution is -2.11. The average molecular weight is 389 g/mol. The van der Waals surface area contributed by atoms with E-state index in [-0.39, 0.29) is 0 Å². The molecule has 1 aromatic heterocycles. The lowest BCUT2D eigenvalue weighted by Gasteiger charge is -2.14. The van der Waals surface area contributed by atoms with Crippen LogP contribution in [-0.2, 0) is 11.2 Å². The predicted octanol–water partition coefficient (Wildman–Crippen LogP) is 3.83. The molecule has 0 aliphatic heterocycles. The molecule has 7 nitrogen and oxygen atoms in total. The quantitative estimate of drug-likeness (QED) is 0.448. The highest BCUT2D eigenvalue weighted by Gasteiger charge is 2.15. The third kappa shape index (κ3) is 4.45. The van der Waals surface area contributed by atoms with E-state index in [1.807, 2.05) is 24.3 Å². The van der Waals surface area contributed by atoms with Crippen molar-refractivity contribution >= 4 is 28.7 Å². The highest BCUT2D eigenvalue weighted by Crippen LogP contribution is 2.35. The number of H-pyrrole nitrogens is 1. The Balaban J connectivity index is 2.06. The minimum atomic E-state index is -1.09. The summed E-state index contributed by atoms with van der Waals surface area (Å²) < 4.78 is 10.8. The van der Waals surface area contributed by atoms with Crippen LogP contribution in [0, 0.1) is 11.3 Å². The summed E-state index contributed by atoms with van der Waals surface area (Å²) in [6.45, 7) is 3.24. The molecule has 2 aromatic carbocycles. The Kier molecular flexibility index (Phi) is 5.95. The molecule has 0 amide bonds. The fraction of sp³-hybridized carbons (Fsp3) is 0.136. The number of para-hydroxylation sites is 2. The Morgan fingerprint density at radius 2 is 2.17 bits per heavy atom. The van der Waals surface area contributed by atoms with E-state index >= 15 is 0 Å². The average Bonchev–Trinajstić information content (AvgIpc) is 3.14. The predicted molar refractivity (Wildman–Crippen MR) is 110 cm³/mol. The molecule has 0 saturated carbocycles. The van der Waals surface area contributed by atoms with Crippen LogP contribution in [0.3, 0.4) is 0 Å². The van der Waals surface area contributed by atoms with Crippen LogP contribution in [0.5, 0.6) is 11.5 Å².